The minimum atomic E-state index is -0.875. The van der Waals surface area contributed by atoms with Crippen molar-refractivity contribution >= 4 is 29.4 Å². The van der Waals surface area contributed by atoms with Crippen LogP contribution >= 0.6 is 23.2 Å². The molecule has 3 rings (SSSR count). The number of hydrogen-bond donors (Lipinski definition) is 0. The zero-order valence-corrected chi connectivity index (χ0v) is 15.6. The molecule has 2 aromatic carbocycles. The summed E-state index contributed by atoms with van der Waals surface area (Å²) in [5, 5.41) is 1.25. The second-order valence-electron chi connectivity index (χ2n) is 5.49. The van der Waals surface area contributed by atoms with Gasteiger partial charge in [-0.1, -0.05) is 47.5 Å². The van der Waals surface area contributed by atoms with Gasteiger partial charge in [0.15, 0.2) is 5.75 Å². The molecule has 27 heavy (non-hydrogen) atoms. The normalized spacial score (nSPS) is 10.3. The number of ether oxygens (including phenoxy) is 3. The van der Waals surface area contributed by atoms with Gasteiger partial charge < -0.3 is 14.2 Å². The van der Waals surface area contributed by atoms with E-state index < -0.39 is 6.16 Å². The summed E-state index contributed by atoms with van der Waals surface area (Å²) in [4.78, 5) is 16.0. The van der Waals surface area contributed by atoms with Crippen LogP contribution in [0.15, 0.2) is 66.9 Å². The molecular weight excluding hydrogens is 389 g/mol. The molecule has 0 N–H and O–H groups in total. The van der Waals surface area contributed by atoms with Gasteiger partial charge in [-0.15, -0.1) is 0 Å². The quantitative estimate of drug-likeness (QED) is 0.495. The molecule has 0 fully saturated rings. The van der Waals surface area contributed by atoms with Crippen LogP contribution in [0.5, 0.6) is 11.6 Å². The first-order valence-corrected chi connectivity index (χ1v) is 8.77. The molecule has 0 bridgehead atoms. The third-order valence-electron chi connectivity index (χ3n) is 3.49. The Labute approximate surface area is 166 Å². The number of aromatic nitrogens is 1. The van der Waals surface area contributed by atoms with Crippen LogP contribution in [0, 0.1) is 0 Å². The Kier molecular flexibility index (Phi) is 6.52. The average Bonchev–Trinajstić information content (AvgIpc) is 2.68. The molecule has 0 saturated heterocycles. The summed E-state index contributed by atoms with van der Waals surface area (Å²) >= 11 is 11.7. The summed E-state index contributed by atoms with van der Waals surface area (Å²) in [5.41, 5.74) is 1.70. The van der Waals surface area contributed by atoms with Crippen molar-refractivity contribution < 1.29 is 19.0 Å². The lowest BCUT2D eigenvalue weighted by Crippen LogP contribution is -2.12. The minimum Gasteiger partial charge on any atom is -0.483 e. The minimum absolute atomic E-state index is 0.0348. The van der Waals surface area contributed by atoms with Crippen LogP contribution in [0.25, 0.3) is 0 Å². The fourth-order valence-electron chi connectivity index (χ4n) is 2.14. The van der Waals surface area contributed by atoms with Crippen LogP contribution in [0.2, 0.25) is 10.0 Å². The number of nitrogens with zero attached hydrogens (tertiary/aromatic N) is 1. The van der Waals surface area contributed by atoms with Crippen LogP contribution in [0.4, 0.5) is 4.79 Å². The van der Waals surface area contributed by atoms with Gasteiger partial charge in [0.1, 0.15) is 13.2 Å². The number of hydrogen-bond acceptors (Lipinski definition) is 5. The molecule has 0 aliphatic carbocycles. The van der Waals surface area contributed by atoms with Crippen LogP contribution in [0.3, 0.4) is 0 Å². The largest absolute Gasteiger partial charge is 0.515 e. The highest BCUT2D eigenvalue weighted by atomic mass is 35.5. The standard InChI is InChI=1S/C20H15Cl2NO4/c21-16-7-3-14(4-8-16)12-25-18-2-1-11-23-19(18)27-20(24)26-13-15-5-9-17(22)10-6-15/h1-11H,12-13H2. The number of pyridine rings is 1. The Morgan fingerprint density at radius 3 is 2.07 bits per heavy atom. The van der Waals surface area contributed by atoms with E-state index in [1.807, 2.05) is 12.1 Å². The van der Waals surface area contributed by atoms with Crippen molar-refractivity contribution in [1.82, 2.24) is 4.98 Å². The lowest BCUT2D eigenvalue weighted by atomic mass is 10.2. The third kappa shape index (κ3) is 5.88. The Bertz CT molecular complexity index is 899. The van der Waals surface area contributed by atoms with Gasteiger partial charge in [0.2, 0.25) is 0 Å². The van der Waals surface area contributed by atoms with Gasteiger partial charge in [-0.3, -0.25) is 0 Å². The maximum Gasteiger partial charge on any atom is 0.515 e. The van der Waals surface area contributed by atoms with Crippen LogP contribution < -0.4 is 9.47 Å². The highest BCUT2D eigenvalue weighted by molar-refractivity contribution is 6.30. The van der Waals surface area contributed by atoms with Crippen molar-refractivity contribution in [2.45, 2.75) is 13.2 Å². The Morgan fingerprint density at radius 1 is 0.852 bits per heavy atom. The smallest absolute Gasteiger partial charge is 0.483 e. The molecule has 0 radical (unpaired) electrons. The first-order chi connectivity index (χ1) is 13.1. The van der Waals surface area contributed by atoms with Crippen LogP contribution in [0.1, 0.15) is 11.1 Å². The predicted octanol–water partition coefficient (Wildman–Crippen LogP) is 5.68. The zero-order chi connectivity index (χ0) is 19.1. The Balaban J connectivity index is 1.57. The lowest BCUT2D eigenvalue weighted by Gasteiger charge is -2.11. The van der Waals surface area contributed by atoms with Crippen molar-refractivity contribution in [2.24, 2.45) is 0 Å². The molecule has 0 atom stereocenters. The van der Waals surface area contributed by atoms with Crippen molar-refractivity contribution in [3.05, 3.63) is 88.0 Å². The van der Waals surface area contributed by atoms with Crippen LogP contribution in [-0.4, -0.2) is 11.1 Å². The van der Waals surface area contributed by atoms with Crippen molar-refractivity contribution in [2.75, 3.05) is 0 Å². The van der Waals surface area contributed by atoms with Crippen molar-refractivity contribution in [1.29, 1.82) is 0 Å². The van der Waals surface area contributed by atoms with Gasteiger partial charge in [0.25, 0.3) is 5.88 Å². The maximum atomic E-state index is 11.9. The first kappa shape index (κ1) is 19.0. The van der Waals surface area contributed by atoms with E-state index in [0.717, 1.165) is 11.1 Å². The van der Waals surface area contributed by atoms with E-state index in [1.165, 1.54) is 6.20 Å². The van der Waals surface area contributed by atoms with Crippen LogP contribution in [-0.2, 0) is 18.0 Å². The lowest BCUT2D eigenvalue weighted by molar-refractivity contribution is 0.0895. The fourth-order valence-corrected chi connectivity index (χ4v) is 2.39. The van der Waals surface area contributed by atoms with Gasteiger partial charge in [0, 0.05) is 16.2 Å². The monoisotopic (exact) mass is 403 g/mol. The molecular formula is C20H15Cl2NO4. The number of carbonyl (C=O) groups is 1. The van der Waals surface area contributed by atoms with Gasteiger partial charge in [-0.05, 0) is 47.5 Å². The molecule has 0 aliphatic heterocycles. The van der Waals surface area contributed by atoms with E-state index in [0.29, 0.717) is 15.8 Å². The van der Waals surface area contributed by atoms with E-state index in [1.54, 1.807) is 48.5 Å². The molecule has 138 valence electrons. The topological polar surface area (TPSA) is 57.7 Å². The van der Waals surface area contributed by atoms with Gasteiger partial charge in [0.05, 0.1) is 0 Å². The van der Waals surface area contributed by atoms with Crippen molar-refractivity contribution in [3.8, 4) is 11.6 Å². The second kappa shape index (κ2) is 9.26. The molecule has 0 spiro atoms. The number of benzene rings is 2. The third-order valence-corrected chi connectivity index (χ3v) is 4.00. The molecule has 1 heterocycles. The molecule has 1 aromatic heterocycles. The molecule has 5 nitrogen and oxygen atoms in total. The zero-order valence-electron chi connectivity index (χ0n) is 14.1. The second-order valence-corrected chi connectivity index (χ2v) is 6.36. The number of carbonyl (C=O) groups excluding carboxylic acids is 1. The summed E-state index contributed by atoms with van der Waals surface area (Å²) in [5.74, 6) is 0.364. The number of halogens is 2. The summed E-state index contributed by atoms with van der Waals surface area (Å²) in [7, 11) is 0. The predicted molar refractivity (Wildman–Crippen MR) is 102 cm³/mol. The fraction of sp³-hybridized carbons (Fsp3) is 0.100. The maximum absolute atomic E-state index is 11.9. The van der Waals surface area contributed by atoms with E-state index in [9.17, 15) is 4.79 Å². The van der Waals surface area contributed by atoms with E-state index in [4.69, 9.17) is 37.4 Å². The molecule has 3 aromatic rings. The summed E-state index contributed by atoms with van der Waals surface area (Å²) in [6.07, 6.45) is 0.622. The SMILES string of the molecule is O=C(OCc1ccc(Cl)cc1)Oc1ncccc1OCc1ccc(Cl)cc1. The van der Waals surface area contributed by atoms with E-state index >= 15 is 0 Å². The van der Waals surface area contributed by atoms with Gasteiger partial charge in [-0.25, -0.2) is 9.78 Å². The molecule has 0 saturated carbocycles. The molecule has 0 unspecified atom stereocenters. The summed E-state index contributed by atoms with van der Waals surface area (Å²) in [6.45, 7) is 0.336. The van der Waals surface area contributed by atoms with E-state index in [-0.39, 0.29) is 19.1 Å². The molecule has 0 aliphatic rings. The highest BCUT2D eigenvalue weighted by Crippen LogP contribution is 2.25. The summed E-state index contributed by atoms with van der Waals surface area (Å²) in [6, 6.07) is 17.5. The Morgan fingerprint density at radius 2 is 1.44 bits per heavy atom. The van der Waals surface area contributed by atoms with Gasteiger partial charge >= 0.3 is 6.16 Å². The van der Waals surface area contributed by atoms with Gasteiger partial charge in [-0.2, -0.15) is 0 Å². The Hall–Kier alpha value is -2.76. The summed E-state index contributed by atoms with van der Waals surface area (Å²) < 4.78 is 15.9. The molecule has 0 amide bonds. The van der Waals surface area contributed by atoms with Crippen molar-refractivity contribution in [3.63, 3.8) is 0 Å². The molecule has 7 heteroatoms. The van der Waals surface area contributed by atoms with E-state index in [2.05, 4.69) is 4.98 Å². The average molecular weight is 404 g/mol. The highest BCUT2D eigenvalue weighted by Gasteiger charge is 2.13. The first-order valence-electron chi connectivity index (χ1n) is 8.01. The number of rotatable bonds is 6.